The number of benzene rings is 1. The van der Waals surface area contributed by atoms with E-state index >= 15 is 0 Å². The second kappa shape index (κ2) is 7.56. The van der Waals surface area contributed by atoms with E-state index in [-0.39, 0.29) is 11.8 Å². The normalized spacial score (nSPS) is 15.3. The van der Waals surface area contributed by atoms with Gasteiger partial charge in [-0.25, -0.2) is 0 Å². The Morgan fingerprint density at radius 2 is 2.04 bits per heavy atom. The maximum absolute atomic E-state index is 12.4. The van der Waals surface area contributed by atoms with E-state index in [9.17, 15) is 4.79 Å². The third-order valence-electron chi connectivity index (χ3n) is 4.85. The second-order valence-electron chi connectivity index (χ2n) is 6.63. The molecule has 0 bridgehead atoms. The number of carbonyl (C=O) groups excluding carboxylic acids is 1. The van der Waals surface area contributed by atoms with Crippen LogP contribution in [0, 0.1) is 5.92 Å². The summed E-state index contributed by atoms with van der Waals surface area (Å²) in [4.78, 5) is 23.1. The van der Waals surface area contributed by atoms with Gasteiger partial charge in [0.1, 0.15) is 5.52 Å². The predicted octanol–water partition coefficient (Wildman–Crippen LogP) is 2.80. The second-order valence-corrected chi connectivity index (χ2v) is 6.63. The fraction of sp³-hybridized carbons (Fsp3) is 0.350. The van der Waals surface area contributed by atoms with Crippen LogP contribution in [0.15, 0.2) is 53.2 Å². The van der Waals surface area contributed by atoms with Gasteiger partial charge in [-0.3, -0.25) is 9.78 Å². The van der Waals surface area contributed by atoms with Crippen molar-refractivity contribution in [3.05, 3.63) is 54.4 Å². The van der Waals surface area contributed by atoms with Crippen molar-refractivity contribution in [2.75, 3.05) is 24.5 Å². The van der Waals surface area contributed by atoms with Crippen LogP contribution in [0.2, 0.25) is 0 Å². The minimum absolute atomic E-state index is 0.0597. The molecule has 1 N–H and O–H groups in total. The van der Waals surface area contributed by atoms with E-state index in [1.54, 1.807) is 6.20 Å². The largest absolute Gasteiger partial charge is 0.423 e. The standard InChI is InChI=1S/C20H22N4O2/c25-19(22-11-7-15-4-3-10-21-14-15)16-8-12-24(13-9-16)20-23-17-5-1-2-6-18(17)26-20/h1-6,10,14,16H,7-9,11-13H2,(H,22,25). The molecule has 1 amide bonds. The molecular weight excluding hydrogens is 328 g/mol. The van der Waals surface area contributed by atoms with Gasteiger partial charge in [-0.15, -0.1) is 0 Å². The van der Waals surface area contributed by atoms with Gasteiger partial charge in [0.25, 0.3) is 6.01 Å². The molecule has 1 aromatic carbocycles. The minimum atomic E-state index is 0.0597. The maximum atomic E-state index is 12.4. The average molecular weight is 350 g/mol. The number of hydrogen-bond acceptors (Lipinski definition) is 5. The smallest absolute Gasteiger partial charge is 0.298 e. The number of fused-ring (bicyclic) bond motifs is 1. The average Bonchev–Trinajstić information content (AvgIpc) is 3.13. The first-order chi connectivity index (χ1) is 12.8. The predicted molar refractivity (Wildman–Crippen MR) is 99.9 cm³/mol. The molecule has 3 aromatic rings. The Labute approximate surface area is 152 Å². The summed E-state index contributed by atoms with van der Waals surface area (Å²) in [5, 5.41) is 3.05. The fourth-order valence-corrected chi connectivity index (χ4v) is 3.35. The molecule has 6 heteroatoms. The lowest BCUT2D eigenvalue weighted by Crippen LogP contribution is -2.41. The molecule has 26 heavy (non-hydrogen) atoms. The molecule has 3 heterocycles. The number of nitrogens with one attached hydrogen (secondary N) is 1. The highest BCUT2D eigenvalue weighted by Crippen LogP contribution is 2.26. The molecule has 0 saturated carbocycles. The molecule has 2 aromatic heterocycles. The summed E-state index contributed by atoms with van der Waals surface area (Å²) in [7, 11) is 0. The molecule has 134 valence electrons. The van der Waals surface area contributed by atoms with Crippen LogP contribution in [0.4, 0.5) is 6.01 Å². The van der Waals surface area contributed by atoms with Crippen LogP contribution in [0.3, 0.4) is 0 Å². The number of oxazole rings is 1. The summed E-state index contributed by atoms with van der Waals surface area (Å²) in [6, 6.07) is 12.4. The number of amides is 1. The highest BCUT2D eigenvalue weighted by atomic mass is 16.4. The van der Waals surface area contributed by atoms with Crippen LogP contribution in [-0.4, -0.2) is 35.5 Å². The molecule has 0 unspecified atom stereocenters. The molecule has 1 aliphatic heterocycles. The number of rotatable bonds is 5. The summed E-state index contributed by atoms with van der Waals surface area (Å²) in [6.45, 7) is 2.22. The lowest BCUT2D eigenvalue weighted by molar-refractivity contribution is -0.125. The molecule has 4 rings (SSSR count). The number of aromatic nitrogens is 2. The van der Waals surface area contributed by atoms with Gasteiger partial charge in [0.05, 0.1) is 0 Å². The van der Waals surface area contributed by atoms with E-state index in [2.05, 4.69) is 20.2 Å². The molecule has 0 spiro atoms. The Hall–Kier alpha value is -2.89. The summed E-state index contributed by atoms with van der Waals surface area (Å²) < 4.78 is 5.83. The van der Waals surface area contributed by atoms with Gasteiger partial charge in [0.15, 0.2) is 5.58 Å². The van der Waals surface area contributed by atoms with E-state index < -0.39 is 0 Å². The molecule has 1 fully saturated rings. The van der Waals surface area contributed by atoms with Crippen LogP contribution in [-0.2, 0) is 11.2 Å². The number of pyridine rings is 1. The van der Waals surface area contributed by atoms with Gasteiger partial charge in [-0.2, -0.15) is 4.98 Å². The number of para-hydroxylation sites is 2. The van der Waals surface area contributed by atoms with Crippen molar-refractivity contribution >= 4 is 23.0 Å². The third-order valence-corrected chi connectivity index (χ3v) is 4.85. The molecular formula is C20H22N4O2. The molecule has 0 aliphatic carbocycles. The van der Waals surface area contributed by atoms with Crippen LogP contribution in [0.25, 0.3) is 11.1 Å². The van der Waals surface area contributed by atoms with Crippen molar-refractivity contribution in [1.82, 2.24) is 15.3 Å². The number of nitrogens with zero attached hydrogens (tertiary/aromatic N) is 3. The Morgan fingerprint density at radius 3 is 2.81 bits per heavy atom. The first kappa shape index (κ1) is 16.6. The Bertz CT molecular complexity index is 837. The van der Waals surface area contributed by atoms with Crippen molar-refractivity contribution in [3.63, 3.8) is 0 Å². The minimum Gasteiger partial charge on any atom is -0.423 e. The van der Waals surface area contributed by atoms with Gasteiger partial charge in [0.2, 0.25) is 5.91 Å². The monoisotopic (exact) mass is 350 g/mol. The van der Waals surface area contributed by atoms with E-state index in [1.165, 1.54) is 0 Å². The molecule has 0 radical (unpaired) electrons. The lowest BCUT2D eigenvalue weighted by Gasteiger charge is -2.30. The topological polar surface area (TPSA) is 71.3 Å². The van der Waals surface area contributed by atoms with Gasteiger partial charge in [-0.05, 0) is 43.0 Å². The molecule has 0 atom stereocenters. The highest BCUT2D eigenvalue weighted by Gasteiger charge is 2.26. The van der Waals surface area contributed by atoms with Crippen molar-refractivity contribution < 1.29 is 9.21 Å². The highest BCUT2D eigenvalue weighted by molar-refractivity contribution is 5.79. The third kappa shape index (κ3) is 3.69. The number of anilines is 1. The van der Waals surface area contributed by atoms with Crippen LogP contribution >= 0.6 is 0 Å². The summed E-state index contributed by atoms with van der Waals surface area (Å²) >= 11 is 0. The quantitative estimate of drug-likeness (QED) is 0.766. The van der Waals surface area contributed by atoms with Crippen molar-refractivity contribution in [1.29, 1.82) is 0 Å². The molecule has 1 saturated heterocycles. The van der Waals surface area contributed by atoms with Crippen molar-refractivity contribution in [3.8, 4) is 0 Å². The maximum Gasteiger partial charge on any atom is 0.298 e. The molecule has 1 aliphatic rings. The fourth-order valence-electron chi connectivity index (χ4n) is 3.35. The van der Waals surface area contributed by atoms with Gasteiger partial charge in [-0.1, -0.05) is 18.2 Å². The zero-order valence-electron chi connectivity index (χ0n) is 14.6. The van der Waals surface area contributed by atoms with Crippen LogP contribution < -0.4 is 10.2 Å². The summed E-state index contributed by atoms with van der Waals surface area (Å²) in [5.41, 5.74) is 2.81. The van der Waals surface area contributed by atoms with E-state index in [0.717, 1.165) is 49.0 Å². The Morgan fingerprint density at radius 1 is 1.19 bits per heavy atom. The lowest BCUT2D eigenvalue weighted by atomic mass is 9.96. The Balaban J connectivity index is 1.27. The molecule has 6 nitrogen and oxygen atoms in total. The number of carbonyl (C=O) groups is 1. The summed E-state index contributed by atoms with van der Waals surface area (Å²) in [5.74, 6) is 0.204. The van der Waals surface area contributed by atoms with E-state index in [1.807, 2.05) is 42.6 Å². The first-order valence-corrected chi connectivity index (χ1v) is 9.07. The van der Waals surface area contributed by atoms with Crippen molar-refractivity contribution in [2.45, 2.75) is 19.3 Å². The summed E-state index contributed by atoms with van der Waals surface area (Å²) in [6.07, 6.45) is 6.04. The number of piperidine rings is 1. The Kier molecular flexibility index (Phi) is 4.82. The van der Waals surface area contributed by atoms with Crippen molar-refractivity contribution in [2.24, 2.45) is 5.92 Å². The SMILES string of the molecule is O=C(NCCc1cccnc1)C1CCN(c2nc3ccccc3o2)CC1. The van der Waals surface area contributed by atoms with Gasteiger partial charge >= 0.3 is 0 Å². The zero-order chi connectivity index (χ0) is 17.8. The number of hydrogen-bond donors (Lipinski definition) is 1. The van der Waals surface area contributed by atoms with E-state index in [0.29, 0.717) is 12.6 Å². The van der Waals surface area contributed by atoms with E-state index in [4.69, 9.17) is 4.42 Å². The van der Waals surface area contributed by atoms with Gasteiger partial charge < -0.3 is 14.6 Å². The van der Waals surface area contributed by atoms with Gasteiger partial charge in [0, 0.05) is 37.9 Å². The first-order valence-electron chi connectivity index (χ1n) is 9.07. The van der Waals surface area contributed by atoms with Crippen LogP contribution in [0.1, 0.15) is 18.4 Å². The van der Waals surface area contributed by atoms with Crippen LogP contribution in [0.5, 0.6) is 0 Å². The zero-order valence-corrected chi connectivity index (χ0v) is 14.6.